The Hall–Kier alpha value is -3.03. The molecule has 8 nitrogen and oxygen atoms in total. The minimum Gasteiger partial charge on any atom is -0.508 e. The number of nitrogens with zero attached hydrogens (tertiary/aromatic N) is 1. The van der Waals surface area contributed by atoms with Gasteiger partial charge in [-0.15, -0.1) is 6.58 Å². The Bertz CT molecular complexity index is 743. The Morgan fingerprint density at radius 2 is 1.97 bits per heavy atom. The summed E-state index contributed by atoms with van der Waals surface area (Å²) in [5.74, 6) is -0.877. The quantitative estimate of drug-likeness (QED) is 0.399. The number of carbonyl (C=O) groups is 3. The van der Waals surface area contributed by atoms with E-state index in [0.717, 1.165) is 12.8 Å². The highest BCUT2D eigenvalue weighted by Crippen LogP contribution is 2.24. The molecule has 3 amide bonds. The average molecular weight is 420 g/mol. The molecule has 0 bridgehead atoms. The molecule has 0 aliphatic heterocycles. The standard InChI is InChI=1S/C22H33N3O5/c1-6-8-12-23-20(28)19(16-10-9-11-17(26)14-16)25(13-7-2)18(27)15-24-21(29)30-22(3,4)5/h7,9-11,14,19,26H,2,6,8,12-13,15H2,1,3-5H3,(H,23,28)(H,24,29). The summed E-state index contributed by atoms with van der Waals surface area (Å²) in [6.45, 7) is 11.0. The number of alkyl carbamates (subject to hydrolysis) is 1. The fraction of sp³-hybridized carbons (Fsp3) is 0.500. The third-order valence-corrected chi connectivity index (χ3v) is 4.00. The molecule has 1 rings (SSSR count). The highest BCUT2D eigenvalue weighted by molar-refractivity contribution is 5.90. The van der Waals surface area contributed by atoms with E-state index in [9.17, 15) is 19.5 Å². The van der Waals surface area contributed by atoms with Crippen molar-refractivity contribution < 1.29 is 24.2 Å². The second kappa shape index (κ2) is 11.8. The molecule has 8 heteroatoms. The van der Waals surface area contributed by atoms with Crippen LogP contribution in [0.2, 0.25) is 0 Å². The van der Waals surface area contributed by atoms with E-state index in [1.54, 1.807) is 32.9 Å². The van der Waals surface area contributed by atoms with Crippen LogP contribution in [0.5, 0.6) is 5.75 Å². The normalized spacial score (nSPS) is 11.9. The molecule has 1 atom stereocenters. The Balaban J connectivity index is 3.07. The maximum absolute atomic E-state index is 12.9. The van der Waals surface area contributed by atoms with E-state index >= 15 is 0 Å². The van der Waals surface area contributed by atoms with Crippen LogP contribution in [0, 0.1) is 0 Å². The number of unbranched alkanes of at least 4 members (excludes halogenated alkanes) is 1. The summed E-state index contributed by atoms with van der Waals surface area (Å²) in [6, 6.07) is 5.20. The molecule has 166 valence electrons. The minimum atomic E-state index is -0.986. The molecular formula is C22H33N3O5. The molecule has 0 fully saturated rings. The Morgan fingerprint density at radius 1 is 1.27 bits per heavy atom. The number of hydrogen-bond acceptors (Lipinski definition) is 5. The van der Waals surface area contributed by atoms with Crippen molar-refractivity contribution in [2.24, 2.45) is 0 Å². The first-order valence-electron chi connectivity index (χ1n) is 10.0. The zero-order chi connectivity index (χ0) is 22.7. The number of phenols is 1. The van der Waals surface area contributed by atoms with E-state index in [2.05, 4.69) is 17.2 Å². The first kappa shape index (κ1) is 25.0. The van der Waals surface area contributed by atoms with Gasteiger partial charge in [-0.25, -0.2) is 4.79 Å². The SMILES string of the molecule is C=CCN(C(=O)CNC(=O)OC(C)(C)C)C(C(=O)NCCCC)c1cccc(O)c1. The number of nitrogens with one attached hydrogen (secondary N) is 2. The van der Waals surface area contributed by atoms with Crippen LogP contribution in [0.4, 0.5) is 4.79 Å². The van der Waals surface area contributed by atoms with Crippen LogP contribution in [0.25, 0.3) is 0 Å². The van der Waals surface area contributed by atoms with Crippen molar-refractivity contribution in [3.63, 3.8) is 0 Å². The van der Waals surface area contributed by atoms with Gasteiger partial charge in [-0.2, -0.15) is 0 Å². The van der Waals surface area contributed by atoms with E-state index in [-0.39, 0.29) is 24.7 Å². The van der Waals surface area contributed by atoms with Crippen molar-refractivity contribution in [1.29, 1.82) is 0 Å². The number of phenolic OH excluding ortho intramolecular Hbond substituents is 1. The lowest BCUT2D eigenvalue weighted by atomic mass is 10.0. The molecule has 0 radical (unpaired) electrons. The highest BCUT2D eigenvalue weighted by atomic mass is 16.6. The lowest BCUT2D eigenvalue weighted by molar-refractivity contribution is -0.139. The Kier molecular flexibility index (Phi) is 9.88. The summed E-state index contributed by atoms with van der Waals surface area (Å²) >= 11 is 0. The van der Waals surface area contributed by atoms with Gasteiger partial charge in [-0.05, 0) is 44.9 Å². The van der Waals surface area contributed by atoms with E-state index in [0.29, 0.717) is 12.1 Å². The predicted molar refractivity (Wildman–Crippen MR) is 115 cm³/mol. The maximum atomic E-state index is 12.9. The van der Waals surface area contributed by atoms with Crippen LogP contribution in [0.15, 0.2) is 36.9 Å². The van der Waals surface area contributed by atoms with Crippen molar-refractivity contribution in [3.8, 4) is 5.75 Å². The van der Waals surface area contributed by atoms with Crippen molar-refractivity contribution in [3.05, 3.63) is 42.5 Å². The molecule has 0 aromatic heterocycles. The summed E-state index contributed by atoms with van der Waals surface area (Å²) < 4.78 is 5.15. The second-order valence-electron chi connectivity index (χ2n) is 7.83. The van der Waals surface area contributed by atoms with Crippen LogP contribution in [0.1, 0.15) is 52.1 Å². The molecule has 1 aromatic carbocycles. The van der Waals surface area contributed by atoms with Gasteiger partial charge in [0, 0.05) is 13.1 Å². The van der Waals surface area contributed by atoms with Crippen molar-refractivity contribution in [2.75, 3.05) is 19.6 Å². The van der Waals surface area contributed by atoms with E-state index in [1.807, 2.05) is 6.92 Å². The van der Waals surface area contributed by atoms with Crippen molar-refractivity contribution in [2.45, 2.75) is 52.2 Å². The molecular weight excluding hydrogens is 386 g/mol. The lowest BCUT2D eigenvalue weighted by Crippen LogP contribution is -2.48. The van der Waals surface area contributed by atoms with Gasteiger partial charge in [0.2, 0.25) is 11.8 Å². The second-order valence-corrected chi connectivity index (χ2v) is 7.83. The lowest BCUT2D eigenvalue weighted by Gasteiger charge is -2.31. The number of carbonyl (C=O) groups excluding carboxylic acids is 3. The number of ether oxygens (including phenoxy) is 1. The predicted octanol–water partition coefficient (Wildman–Crippen LogP) is 2.89. The van der Waals surface area contributed by atoms with Crippen LogP contribution < -0.4 is 10.6 Å². The maximum Gasteiger partial charge on any atom is 0.408 e. The van der Waals surface area contributed by atoms with Crippen LogP contribution in [-0.4, -0.2) is 53.1 Å². The summed E-state index contributed by atoms with van der Waals surface area (Å²) in [7, 11) is 0. The van der Waals surface area contributed by atoms with Crippen molar-refractivity contribution >= 4 is 17.9 Å². The Morgan fingerprint density at radius 3 is 2.53 bits per heavy atom. The molecule has 30 heavy (non-hydrogen) atoms. The third kappa shape index (κ3) is 8.55. The first-order chi connectivity index (χ1) is 14.1. The van der Waals surface area contributed by atoms with Gasteiger partial charge in [0.05, 0.1) is 0 Å². The monoisotopic (exact) mass is 419 g/mol. The molecule has 0 saturated heterocycles. The molecule has 0 aliphatic rings. The Labute approximate surface area is 178 Å². The summed E-state index contributed by atoms with van der Waals surface area (Å²) in [4.78, 5) is 39.1. The number of rotatable bonds is 10. The number of aromatic hydroxyl groups is 1. The molecule has 0 saturated carbocycles. The average Bonchev–Trinajstić information content (AvgIpc) is 2.64. The summed E-state index contributed by atoms with van der Waals surface area (Å²) in [5, 5.41) is 15.1. The number of amides is 3. The molecule has 0 heterocycles. The van der Waals surface area contributed by atoms with E-state index < -0.39 is 23.6 Å². The molecule has 0 spiro atoms. The molecule has 1 unspecified atom stereocenters. The number of benzene rings is 1. The van der Waals surface area contributed by atoms with Gasteiger partial charge in [-0.3, -0.25) is 9.59 Å². The smallest absolute Gasteiger partial charge is 0.408 e. The third-order valence-electron chi connectivity index (χ3n) is 4.00. The van der Waals surface area contributed by atoms with Gasteiger partial charge < -0.3 is 25.4 Å². The zero-order valence-corrected chi connectivity index (χ0v) is 18.2. The van der Waals surface area contributed by atoms with Crippen LogP contribution in [-0.2, 0) is 14.3 Å². The zero-order valence-electron chi connectivity index (χ0n) is 18.2. The fourth-order valence-electron chi connectivity index (χ4n) is 2.71. The van der Waals surface area contributed by atoms with Crippen LogP contribution >= 0.6 is 0 Å². The topological polar surface area (TPSA) is 108 Å². The summed E-state index contributed by atoms with van der Waals surface area (Å²) in [5.41, 5.74) is -0.242. The molecule has 3 N–H and O–H groups in total. The minimum absolute atomic E-state index is 0.0169. The van der Waals surface area contributed by atoms with Gasteiger partial charge in [-0.1, -0.05) is 31.6 Å². The largest absolute Gasteiger partial charge is 0.508 e. The first-order valence-corrected chi connectivity index (χ1v) is 10.0. The fourth-order valence-corrected chi connectivity index (χ4v) is 2.71. The van der Waals surface area contributed by atoms with Gasteiger partial charge >= 0.3 is 6.09 Å². The van der Waals surface area contributed by atoms with E-state index in [4.69, 9.17) is 4.74 Å². The highest BCUT2D eigenvalue weighted by Gasteiger charge is 2.31. The van der Waals surface area contributed by atoms with Gasteiger partial charge in [0.1, 0.15) is 23.9 Å². The molecule has 0 aliphatic carbocycles. The van der Waals surface area contributed by atoms with E-state index in [1.165, 1.54) is 23.1 Å². The van der Waals surface area contributed by atoms with Crippen molar-refractivity contribution in [1.82, 2.24) is 15.5 Å². The van der Waals surface area contributed by atoms with Crippen LogP contribution in [0.3, 0.4) is 0 Å². The summed E-state index contributed by atoms with van der Waals surface area (Å²) in [6.07, 6.45) is 2.48. The molecule has 1 aromatic rings. The van der Waals surface area contributed by atoms with Gasteiger partial charge in [0.25, 0.3) is 0 Å². The van der Waals surface area contributed by atoms with Gasteiger partial charge in [0.15, 0.2) is 0 Å². The number of hydrogen-bond donors (Lipinski definition) is 3.